The average Bonchev–Trinajstić information content (AvgIpc) is 3.89. The molecule has 11 rings (SSSR count). The topological polar surface area (TPSA) is 23.5 Å². The third-order valence-corrected chi connectivity index (χ3v) is 11.1. The van der Waals surface area contributed by atoms with Crippen molar-refractivity contribution in [2.45, 2.75) is 0 Å². The Morgan fingerprint density at radius 1 is 0.345 bits per heavy atom. The molecule has 0 fully saturated rings. The second-order valence-electron chi connectivity index (χ2n) is 13.9. The van der Waals surface area contributed by atoms with E-state index in [0.717, 1.165) is 71.8 Å². The molecule has 0 aliphatic rings. The van der Waals surface area contributed by atoms with Gasteiger partial charge in [-0.15, -0.1) is 0 Å². The Labute approximate surface area is 316 Å². The van der Waals surface area contributed by atoms with Gasteiger partial charge in [0.25, 0.3) is 0 Å². The molecular formula is C50H29N5. The van der Waals surface area contributed by atoms with E-state index in [-0.39, 0.29) is 0 Å². The summed E-state index contributed by atoms with van der Waals surface area (Å²) in [6.07, 6.45) is 0. The number of hydrogen-bond acceptors (Lipinski definition) is 0. The third kappa shape index (κ3) is 4.39. The zero-order valence-electron chi connectivity index (χ0n) is 29.5. The number of hydrogen-bond donors (Lipinski definition) is 0. The number of rotatable bonds is 4. The summed E-state index contributed by atoms with van der Waals surface area (Å²) in [5.74, 6) is 0. The molecule has 0 atom stereocenters. The fourth-order valence-corrected chi connectivity index (χ4v) is 8.81. The molecule has 0 bridgehead atoms. The van der Waals surface area contributed by atoms with Crippen LogP contribution >= 0.6 is 0 Å². The minimum absolute atomic E-state index is 0.594. The third-order valence-electron chi connectivity index (χ3n) is 11.1. The van der Waals surface area contributed by atoms with Crippen molar-refractivity contribution < 1.29 is 0 Å². The molecule has 0 saturated carbocycles. The first-order valence-electron chi connectivity index (χ1n) is 18.3. The van der Waals surface area contributed by atoms with Crippen molar-refractivity contribution in [3.8, 4) is 28.2 Å². The van der Waals surface area contributed by atoms with Crippen molar-refractivity contribution >= 4 is 76.8 Å². The van der Waals surface area contributed by atoms with Crippen LogP contribution in [0.25, 0.3) is 103 Å². The molecule has 0 aliphatic carbocycles. The fourth-order valence-electron chi connectivity index (χ4n) is 8.81. The van der Waals surface area contributed by atoms with Gasteiger partial charge in [0.15, 0.2) is 11.4 Å². The molecule has 0 amide bonds. The number of fused-ring (bicyclic) bond motifs is 9. The molecule has 0 saturated heterocycles. The molecule has 3 aromatic heterocycles. The lowest BCUT2D eigenvalue weighted by Gasteiger charge is -2.17. The van der Waals surface area contributed by atoms with Crippen molar-refractivity contribution in [1.29, 1.82) is 0 Å². The van der Waals surface area contributed by atoms with Crippen LogP contribution < -0.4 is 0 Å². The van der Waals surface area contributed by atoms with Crippen LogP contribution in [0.5, 0.6) is 0 Å². The minimum Gasteiger partial charge on any atom is -0.311 e. The summed E-state index contributed by atoms with van der Waals surface area (Å²) in [4.78, 5) is 7.91. The van der Waals surface area contributed by atoms with Gasteiger partial charge in [-0.05, 0) is 77.7 Å². The van der Waals surface area contributed by atoms with Crippen molar-refractivity contribution in [2.75, 3.05) is 0 Å². The molecule has 0 N–H and O–H groups in total. The zero-order chi connectivity index (χ0) is 36.6. The van der Waals surface area contributed by atoms with Crippen LogP contribution in [-0.2, 0) is 0 Å². The molecule has 11 aromatic rings. The summed E-state index contributed by atoms with van der Waals surface area (Å²) in [6.45, 7) is 16.1. The Hall–Kier alpha value is -7.86. The van der Waals surface area contributed by atoms with E-state index in [1.54, 1.807) is 0 Å². The number of aromatic nitrogens is 3. The molecule has 254 valence electrons. The Bertz CT molecular complexity index is 3400. The molecule has 0 radical (unpaired) electrons. The maximum Gasteiger partial charge on any atom is 0.197 e. The molecule has 0 unspecified atom stereocenters. The molecule has 3 heterocycles. The van der Waals surface area contributed by atoms with Crippen LogP contribution in [0.3, 0.4) is 0 Å². The highest BCUT2D eigenvalue weighted by Crippen LogP contribution is 2.43. The zero-order valence-corrected chi connectivity index (χ0v) is 29.5. The standard InChI is InChI=1S/C50H29N5/c1-51-40-17-11-23-47(49(40)32-25-27-33(28-26-32)53-45-22-10-6-16-38(45)50-41(52-2)18-12-24-48(50)53)55-44-21-9-5-15-37(44)39-31-34(29-30-46(39)55)54-42-19-7-3-13-35(42)36-14-4-8-20-43(36)54/h3-31H. The van der Waals surface area contributed by atoms with E-state index in [1.807, 2.05) is 36.4 Å². The monoisotopic (exact) mass is 699 g/mol. The maximum atomic E-state index is 8.28. The maximum absolute atomic E-state index is 8.28. The normalized spacial score (nSPS) is 11.6. The van der Waals surface area contributed by atoms with Crippen LogP contribution in [0, 0.1) is 13.1 Å². The lowest BCUT2D eigenvalue weighted by molar-refractivity contribution is 1.16. The lowest BCUT2D eigenvalue weighted by Crippen LogP contribution is -1.99. The van der Waals surface area contributed by atoms with Gasteiger partial charge in [-0.1, -0.05) is 109 Å². The molecule has 0 spiro atoms. The Morgan fingerprint density at radius 3 is 1.47 bits per heavy atom. The molecule has 5 heteroatoms. The van der Waals surface area contributed by atoms with E-state index >= 15 is 0 Å². The van der Waals surface area contributed by atoms with Gasteiger partial charge >= 0.3 is 0 Å². The first-order valence-corrected chi connectivity index (χ1v) is 18.3. The minimum atomic E-state index is 0.594. The van der Waals surface area contributed by atoms with Crippen LogP contribution in [0.1, 0.15) is 0 Å². The highest BCUT2D eigenvalue weighted by molar-refractivity contribution is 6.16. The second-order valence-corrected chi connectivity index (χ2v) is 13.9. The van der Waals surface area contributed by atoms with Gasteiger partial charge in [0, 0.05) is 55.1 Å². The summed E-state index contributed by atoms with van der Waals surface area (Å²) in [7, 11) is 0. The van der Waals surface area contributed by atoms with E-state index in [2.05, 4.69) is 163 Å². The summed E-state index contributed by atoms with van der Waals surface area (Å²) < 4.78 is 6.91. The first kappa shape index (κ1) is 30.7. The van der Waals surface area contributed by atoms with Gasteiger partial charge in [-0.25, -0.2) is 9.69 Å². The van der Waals surface area contributed by atoms with Crippen molar-refractivity contribution in [3.63, 3.8) is 0 Å². The summed E-state index contributed by atoms with van der Waals surface area (Å²) >= 11 is 0. The van der Waals surface area contributed by atoms with Crippen molar-refractivity contribution in [2.24, 2.45) is 0 Å². The number of para-hydroxylation sites is 4. The summed E-state index contributed by atoms with van der Waals surface area (Å²) in [5, 5.41) is 6.79. The van der Waals surface area contributed by atoms with Crippen LogP contribution in [0.2, 0.25) is 0 Å². The first-order chi connectivity index (χ1) is 27.2. The highest BCUT2D eigenvalue weighted by atomic mass is 15.0. The van der Waals surface area contributed by atoms with E-state index in [1.165, 1.54) is 21.8 Å². The van der Waals surface area contributed by atoms with Gasteiger partial charge < -0.3 is 13.7 Å². The Kier molecular flexibility index (Phi) is 6.61. The van der Waals surface area contributed by atoms with Crippen molar-refractivity contribution in [1.82, 2.24) is 13.7 Å². The van der Waals surface area contributed by atoms with E-state index in [0.29, 0.717) is 11.4 Å². The van der Waals surface area contributed by atoms with Crippen LogP contribution in [-0.4, -0.2) is 13.7 Å². The van der Waals surface area contributed by atoms with E-state index in [9.17, 15) is 0 Å². The highest BCUT2D eigenvalue weighted by Gasteiger charge is 2.21. The molecule has 5 nitrogen and oxygen atoms in total. The lowest BCUT2D eigenvalue weighted by atomic mass is 10.0. The quantitative estimate of drug-likeness (QED) is 0.163. The largest absolute Gasteiger partial charge is 0.311 e. The van der Waals surface area contributed by atoms with E-state index in [4.69, 9.17) is 13.1 Å². The second kappa shape index (κ2) is 11.8. The summed E-state index contributed by atoms with van der Waals surface area (Å²) in [5.41, 5.74) is 12.7. The molecule has 8 aromatic carbocycles. The average molecular weight is 700 g/mol. The van der Waals surface area contributed by atoms with Gasteiger partial charge in [0.05, 0.1) is 40.7 Å². The molecule has 0 aliphatic heterocycles. The summed E-state index contributed by atoms with van der Waals surface area (Å²) in [6, 6.07) is 61.2. The van der Waals surface area contributed by atoms with Gasteiger partial charge in [-0.2, -0.15) is 0 Å². The Morgan fingerprint density at radius 2 is 0.818 bits per heavy atom. The van der Waals surface area contributed by atoms with Crippen molar-refractivity contribution in [3.05, 3.63) is 199 Å². The van der Waals surface area contributed by atoms with Crippen LogP contribution in [0.4, 0.5) is 11.4 Å². The predicted octanol–water partition coefficient (Wildman–Crippen LogP) is 13.7. The number of nitrogens with zero attached hydrogens (tertiary/aromatic N) is 5. The van der Waals surface area contributed by atoms with Crippen LogP contribution in [0.15, 0.2) is 176 Å². The predicted molar refractivity (Wildman–Crippen MR) is 227 cm³/mol. The molecular weight excluding hydrogens is 671 g/mol. The fraction of sp³-hybridized carbons (Fsp3) is 0. The smallest absolute Gasteiger partial charge is 0.197 e. The van der Waals surface area contributed by atoms with E-state index < -0.39 is 0 Å². The molecule has 55 heavy (non-hydrogen) atoms. The van der Waals surface area contributed by atoms with Gasteiger partial charge in [0.1, 0.15) is 0 Å². The Balaban J connectivity index is 1.11. The SMILES string of the molecule is [C-]#[N+]c1cccc(-n2c3ccccc3c3cc(-n4c5ccccc5c5ccccc54)ccc32)c1-c1ccc(-n2c3ccccc3c3c([N+]#[C-])cccc32)cc1. The number of benzene rings is 8. The van der Waals surface area contributed by atoms with Gasteiger partial charge in [-0.3, -0.25) is 0 Å². The van der Waals surface area contributed by atoms with Gasteiger partial charge in [0.2, 0.25) is 0 Å².